The molecule has 0 aliphatic rings. The van der Waals surface area contributed by atoms with Gasteiger partial charge in [-0.3, -0.25) is 9.69 Å². The first kappa shape index (κ1) is 18.9. The molecule has 7 heteroatoms. The monoisotopic (exact) mass is 407 g/mol. The highest BCUT2D eigenvalue weighted by molar-refractivity contribution is 6.39. The van der Waals surface area contributed by atoms with Gasteiger partial charge in [-0.2, -0.15) is 0 Å². The van der Waals surface area contributed by atoms with E-state index >= 15 is 0 Å². The van der Waals surface area contributed by atoms with Gasteiger partial charge in [0.15, 0.2) is 0 Å². The van der Waals surface area contributed by atoms with Gasteiger partial charge in [0.2, 0.25) is 5.91 Å². The third-order valence-electron chi connectivity index (χ3n) is 3.83. The fourth-order valence-electron chi connectivity index (χ4n) is 2.64. The highest BCUT2D eigenvalue weighted by atomic mass is 35.5. The molecule has 0 atom stereocenters. The van der Waals surface area contributed by atoms with E-state index in [0.717, 1.165) is 16.5 Å². The van der Waals surface area contributed by atoms with E-state index < -0.39 is 0 Å². The maximum Gasteiger partial charge on any atom is 0.238 e. The van der Waals surface area contributed by atoms with Crippen LogP contribution in [0.4, 0.5) is 5.69 Å². The minimum atomic E-state index is -0.215. The van der Waals surface area contributed by atoms with Crippen LogP contribution in [0.25, 0.3) is 10.9 Å². The van der Waals surface area contributed by atoms with Crippen molar-refractivity contribution in [2.45, 2.75) is 6.54 Å². The van der Waals surface area contributed by atoms with Crippen molar-refractivity contribution in [3.63, 3.8) is 0 Å². The van der Waals surface area contributed by atoms with Gasteiger partial charge < -0.3 is 5.32 Å². The van der Waals surface area contributed by atoms with Crippen molar-refractivity contribution < 1.29 is 4.79 Å². The van der Waals surface area contributed by atoms with E-state index in [1.54, 1.807) is 18.2 Å². The average molecular weight is 409 g/mol. The third kappa shape index (κ3) is 4.46. The summed E-state index contributed by atoms with van der Waals surface area (Å²) in [7, 11) is 1.83. The second kappa shape index (κ2) is 8.23. The van der Waals surface area contributed by atoms with Crippen molar-refractivity contribution in [3.8, 4) is 0 Å². The number of carbonyl (C=O) groups excluding carboxylic acids is 1. The van der Waals surface area contributed by atoms with E-state index in [0.29, 0.717) is 27.4 Å². The van der Waals surface area contributed by atoms with E-state index in [1.807, 2.05) is 42.3 Å². The van der Waals surface area contributed by atoms with Crippen LogP contribution in [0.2, 0.25) is 15.2 Å². The van der Waals surface area contributed by atoms with Crippen LogP contribution in [-0.2, 0) is 11.3 Å². The Bertz CT molecular complexity index is 942. The fraction of sp³-hybridized carbons (Fsp3) is 0.158. The predicted molar refractivity (Wildman–Crippen MR) is 108 cm³/mol. The molecule has 1 heterocycles. The zero-order chi connectivity index (χ0) is 18.7. The Hall–Kier alpha value is -1.85. The molecule has 1 amide bonds. The molecular formula is C19H16Cl3N3O. The molecule has 4 nitrogen and oxygen atoms in total. The number of amides is 1. The molecule has 0 bridgehead atoms. The summed E-state index contributed by atoms with van der Waals surface area (Å²) in [6, 6.07) is 14.8. The predicted octanol–water partition coefficient (Wildman–Crippen LogP) is 5.27. The van der Waals surface area contributed by atoms with Gasteiger partial charge in [0.05, 0.1) is 27.8 Å². The van der Waals surface area contributed by atoms with E-state index in [9.17, 15) is 4.79 Å². The van der Waals surface area contributed by atoms with Gasteiger partial charge in [0.1, 0.15) is 5.15 Å². The smallest absolute Gasteiger partial charge is 0.238 e. The van der Waals surface area contributed by atoms with Crippen molar-refractivity contribution in [1.29, 1.82) is 0 Å². The maximum atomic E-state index is 12.3. The minimum Gasteiger partial charge on any atom is -0.322 e. The van der Waals surface area contributed by atoms with Crippen LogP contribution in [0.3, 0.4) is 0 Å². The first-order chi connectivity index (χ1) is 12.4. The molecule has 0 saturated heterocycles. The van der Waals surface area contributed by atoms with E-state index in [-0.39, 0.29) is 12.5 Å². The number of likely N-dealkylation sites (N-methyl/N-ethyl adjacent to an activating group) is 1. The van der Waals surface area contributed by atoms with Crippen molar-refractivity contribution >= 4 is 57.3 Å². The molecule has 3 aromatic rings. The van der Waals surface area contributed by atoms with Gasteiger partial charge in [-0.15, -0.1) is 0 Å². The Morgan fingerprint density at radius 1 is 1.08 bits per heavy atom. The van der Waals surface area contributed by atoms with Gasteiger partial charge in [-0.05, 0) is 31.3 Å². The number of halogens is 3. The van der Waals surface area contributed by atoms with Crippen LogP contribution in [0.15, 0.2) is 48.5 Å². The number of carbonyl (C=O) groups is 1. The Morgan fingerprint density at radius 2 is 1.77 bits per heavy atom. The molecule has 134 valence electrons. The van der Waals surface area contributed by atoms with E-state index in [1.165, 1.54) is 0 Å². The second-order valence-corrected chi connectivity index (χ2v) is 7.12. The standard InChI is InChI=1S/C19H16Cl3N3O/c1-25(11-17(26)24-18-14(20)6-4-7-15(18)21)10-13-9-12-5-2-3-8-16(12)23-19(13)22/h2-9H,10-11H2,1H3,(H,24,26). The molecule has 0 saturated carbocycles. The molecule has 0 unspecified atom stereocenters. The number of hydrogen-bond donors (Lipinski definition) is 1. The van der Waals surface area contributed by atoms with Crippen LogP contribution in [0.1, 0.15) is 5.56 Å². The van der Waals surface area contributed by atoms with Crippen LogP contribution in [-0.4, -0.2) is 29.4 Å². The van der Waals surface area contributed by atoms with Gasteiger partial charge in [-0.25, -0.2) is 4.98 Å². The van der Waals surface area contributed by atoms with Gasteiger partial charge in [0.25, 0.3) is 0 Å². The van der Waals surface area contributed by atoms with Crippen molar-refractivity contribution in [2.24, 2.45) is 0 Å². The largest absolute Gasteiger partial charge is 0.322 e. The van der Waals surface area contributed by atoms with Crippen LogP contribution >= 0.6 is 34.8 Å². The maximum absolute atomic E-state index is 12.3. The lowest BCUT2D eigenvalue weighted by atomic mass is 10.1. The van der Waals surface area contributed by atoms with Crippen molar-refractivity contribution in [1.82, 2.24) is 9.88 Å². The minimum absolute atomic E-state index is 0.157. The molecule has 1 N–H and O–H groups in total. The average Bonchev–Trinajstić information content (AvgIpc) is 2.59. The lowest BCUT2D eigenvalue weighted by Crippen LogP contribution is -2.30. The molecule has 0 spiro atoms. The summed E-state index contributed by atoms with van der Waals surface area (Å²) in [5.41, 5.74) is 2.12. The van der Waals surface area contributed by atoms with Crippen LogP contribution < -0.4 is 5.32 Å². The molecular weight excluding hydrogens is 393 g/mol. The first-order valence-corrected chi connectivity index (χ1v) is 9.04. The molecule has 26 heavy (non-hydrogen) atoms. The topological polar surface area (TPSA) is 45.2 Å². The number of rotatable bonds is 5. The number of anilines is 1. The number of nitrogens with one attached hydrogen (secondary N) is 1. The molecule has 3 rings (SSSR count). The summed E-state index contributed by atoms with van der Waals surface area (Å²) in [6.07, 6.45) is 0. The number of aromatic nitrogens is 1. The number of para-hydroxylation sites is 2. The fourth-order valence-corrected chi connectivity index (χ4v) is 3.33. The Balaban J connectivity index is 1.68. The number of hydrogen-bond acceptors (Lipinski definition) is 3. The second-order valence-electron chi connectivity index (χ2n) is 5.95. The van der Waals surface area contributed by atoms with E-state index in [4.69, 9.17) is 34.8 Å². The highest BCUT2D eigenvalue weighted by Gasteiger charge is 2.13. The highest BCUT2D eigenvalue weighted by Crippen LogP contribution is 2.29. The van der Waals surface area contributed by atoms with Crippen molar-refractivity contribution in [3.05, 3.63) is 69.3 Å². The van der Waals surface area contributed by atoms with Gasteiger partial charge >= 0.3 is 0 Å². The summed E-state index contributed by atoms with van der Waals surface area (Å²) in [5, 5.41) is 4.99. The summed E-state index contributed by atoms with van der Waals surface area (Å²) in [4.78, 5) is 18.5. The number of pyridine rings is 1. The molecule has 0 aliphatic carbocycles. The van der Waals surface area contributed by atoms with Gasteiger partial charge in [-0.1, -0.05) is 59.1 Å². The quantitative estimate of drug-likeness (QED) is 0.585. The van der Waals surface area contributed by atoms with Crippen LogP contribution in [0, 0.1) is 0 Å². The Labute approximate surface area is 166 Å². The third-order valence-corrected chi connectivity index (χ3v) is 4.79. The summed E-state index contributed by atoms with van der Waals surface area (Å²) in [6.45, 7) is 0.644. The number of nitrogens with zero attached hydrogens (tertiary/aromatic N) is 2. The zero-order valence-electron chi connectivity index (χ0n) is 14.0. The van der Waals surface area contributed by atoms with Gasteiger partial charge in [0, 0.05) is 17.5 Å². The molecule has 0 aliphatic heterocycles. The SMILES string of the molecule is CN(CC(=O)Nc1c(Cl)cccc1Cl)Cc1cc2ccccc2nc1Cl. The summed E-state index contributed by atoms with van der Waals surface area (Å²) < 4.78 is 0. The number of fused-ring (bicyclic) bond motifs is 1. The molecule has 0 fully saturated rings. The Kier molecular flexibility index (Phi) is 5.99. The summed E-state index contributed by atoms with van der Waals surface area (Å²) in [5.74, 6) is -0.215. The molecule has 0 radical (unpaired) electrons. The van der Waals surface area contributed by atoms with Crippen molar-refractivity contribution in [2.75, 3.05) is 18.9 Å². The lowest BCUT2D eigenvalue weighted by Gasteiger charge is -2.18. The first-order valence-electron chi connectivity index (χ1n) is 7.90. The zero-order valence-corrected chi connectivity index (χ0v) is 16.2. The van der Waals surface area contributed by atoms with Crippen LogP contribution in [0.5, 0.6) is 0 Å². The number of benzene rings is 2. The lowest BCUT2D eigenvalue weighted by molar-refractivity contribution is -0.117. The summed E-state index contributed by atoms with van der Waals surface area (Å²) >= 11 is 18.4. The molecule has 2 aromatic carbocycles. The molecule has 1 aromatic heterocycles. The Morgan fingerprint density at radius 3 is 2.50 bits per heavy atom. The van der Waals surface area contributed by atoms with E-state index in [2.05, 4.69) is 10.3 Å². The normalized spacial score (nSPS) is 11.1.